The number of methoxy groups -OCH3 is 1. The van der Waals surface area contributed by atoms with Crippen LogP contribution in [-0.2, 0) is 0 Å². The summed E-state index contributed by atoms with van der Waals surface area (Å²) in [5, 5.41) is 1.53. The molecular formula is C31H31F3N4O3. The van der Waals surface area contributed by atoms with E-state index in [2.05, 4.69) is 9.88 Å². The number of rotatable bonds is 5. The minimum Gasteiger partial charge on any atom is -0.494 e. The number of piperidine rings is 2. The van der Waals surface area contributed by atoms with E-state index in [1.165, 1.54) is 19.2 Å². The lowest BCUT2D eigenvalue weighted by molar-refractivity contribution is -0.0668. The summed E-state index contributed by atoms with van der Waals surface area (Å²) < 4.78 is 46.6. The van der Waals surface area contributed by atoms with Gasteiger partial charge in [0.2, 0.25) is 0 Å². The molecule has 3 heterocycles. The SMILES string of the molecule is COc1ccc(-c2cc(C(N)=O)c3[nH]c4cc(C(=O)N5CCC(N6CCC(F)(F)CC6)CC5)ccc4c3c2)cc1F. The molecule has 0 unspecified atom stereocenters. The average Bonchev–Trinajstić information content (AvgIpc) is 3.34. The first kappa shape index (κ1) is 27.1. The van der Waals surface area contributed by atoms with Gasteiger partial charge in [0, 0.05) is 66.9 Å². The first-order valence-corrected chi connectivity index (χ1v) is 13.8. The van der Waals surface area contributed by atoms with Crippen molar-refractivity contribution in [3.05, 3.63) is 65.5 Å². The Morgan fingerprint density at radius 2 is 1.68 bits per heavy atom. The van der Waals surface area contributed by atoms with Crippen molar-refractivity contribution < 1.29 is 27.5 Å². The topological polar surface area (TPSA) is 91.7 Å². The van der Waals surface area contributed by atoms with Crippen LogP contribution >= 0.6 is 0 Å². The lowest BCUT2D eigenvalue weighted by atomic mass is 9.97. The highest BCUT2D eigenvalue weighted by Crippen LogP contribution is 2.35. The van der Waals surface area contributed by atoms with Gasteiger partial charge in [0.25, 0.3) is 17.7 Å². The molecule has 2 saturated heterocycles. The van der Waals surface area contributed by atoms with Crippen LogP contribution in [0.25, 0.3) is 32.9 Å². The number of likely N-dealkylation sites (tertiary alicyclic amines) is 2. The number of H-pyrrole nitrogens is 1. The Bertz CT molecular complexity index is 1650. The van der Waals surface area contributed by atoms with E-state index in [1.807, 2.05) is 17.0 Å². The van der Waals surface area contributed by atoms with E-state index in [-0.39, 0.29) is 36.1 Å². The minimum absolute atomic E-state index is 0.0984. The van der Waals surface area contributed by atoms with E-state index < -0.39 is 17.6 Å². The summed E-state index contributed by atoms with van der Waals surface area (Å²) in [5.74, 6) is -3.70. The van der Waals surface area contributed by atoms with Gasteiger partial charge in [-0.1, -0.05) is 12.1 Å². The van der Waals surface area contributed by atoms with Gasteiger partial charge in [0.1, 0.15) is 0 Å². The van der Waals surface area contributed by atoms with Crippen LogP contribution in [0.2, 0.25) is 0 Å². The predicted octanol–water partition coefficient (Wildman–Crippen LogP) is 5.57. The normalized spacial score (nSPS) is 18.2. The fourth-order valence-corrected chi connectivity index (χ4v) is 6.18. The number of fused-ring (bicyclic) bond motifs is 3. The van der Waals surface area contributed by atoms with Crippen LogP contribution in [0, 0.1) is 5.82 Å². The Balaban J connectivity index is 1.25. The van der Waals surface area contributed by atoms with Crippen molar-refractivity contribution in [2.24, 2.45) is 5.73 Å². The van der Waals surface area contributed by atoms with Gasteiger partial charge in [-0.2, -0.15) is 0 Å². The zero-order valence-electron chi connectivity index (χ0n) is 22.7. The molecule has 214 valence electrons. The number of amides is 2. The van der Waals surface area contributed by atoms with Gasteiger partial charge in [0.05, 0.1) is 18.2 Å². The summed E-state index contributed by atoms with van der Waals surface area (Å²) in [6.07, 6.45) is 1.30. The van der Waals surface area contributed by atoms with E-state index >= 15 is 0 Å². The number of carbonyl (C=O) groups is 2. The Morgan fingerprint density at radius 1 is 0.951 bits per heavy atom. The standard InChI is InChI=1S/C31H31F3N4O3/c1-41-27-5-3-18(16-25(27)32)20-14-23-22-4-2-19(17-26(22)36-28(23)24(15-20)29(35)39)30(40)38-10-6-21(7-11-38)37-12-8-31(33,34)9-13-37/h2-5,14-17,21,36H,6-13H2,1H3,(H2,35,39). The zero-order valence-corrected chi connectivity index (χ0v) is 22.7. The lowest BCUT2D eigenvalue weighted by Crippen LogP contribution is -2.50. The number of aromatic nitrogens is 1. The van der Waals surface area contributed by atoms with Crippen LogP contribution in [0.15, 0.2) is 48.5 Å². The molecule has 2 aliphatic heterocycles. The number of carbonyl (C=O) groups excluding carboxylic acids is 2. The third-order valence-corrected chi connectivity index (χ3v) is 8.50. The number of nitrogens with zero attached hydrogens (tertiary/aromatic N) is 2. The molecule has 6 rings (SSSR count). The van der Waals surface area contributed by atoms with E-state index in [9.17, 15) is 22.8 Å². The van der Waals surface area contributed by atoms with E-state index in [0.29, 0.717) is 53.9 Å². The second-order valence-corrected chi connectivity index (χ2v) is 11.0. The highest BCUT2D eigenvalue weighted by atomic mass is 19.3. The predicted molar refractivity (Wildman–Crippen MR) is 151 cm³/mol. The summed E-state index contributed by atoms with van der Waals surface area (Å²) in [6, 6.07) is 13.7. The molecule has 4 aromatic rings. The third-order valence-electron chi connectivity index (χ3n) is 8.50. The van der Waals surface area contributed by atoms with Crippen LogP contribution in [0.1, 0.15) is 46.4 Å². The number of hydrogen-bond acceptors (Lipinski definition) is 4. The Morgan fingerprint density at radius 3 is 2.34 bits per heavy atom. The van der Waals surface area contributed by atoms with Gasteiger partial charge in [0.15, 0.2) is 11.6 Å². The number of aromatic amines is 1. The molecule has 0 saturated carbocycles. The first-order valence-electron chi connectivity index (χ1n) is 13.8. The fraction of sp³-hybridized carbons (Fsp3) is 0.355. The number of halogens is 3. The number of hydrogen-bond donors (Lipinski definition) is 2. The molecule has 41 heavy (non-hydrogen) atoms. The van der Waals surface area contributed by atoms with E-state index in [4.69, 9.17) is 10.5 Å². The summed E-state index contributed by atoms with van der Waals surface area (Å²) >= 11 is 0. The molecule has 3 N–H and O–H groups in total. The number of primary amides is 1. The summed E-state index contributed by atoms with van der Waals surface area (Å²) in [7, 11) is 1.39. The van der Waals surface area contributed by atoms with Crippen molar-refractivity contribution in [2.75, 3.05) is 33.3 Å². The molecule has 3 aromatic carbocycles. The largest absolute Gasteiger partial charge is 0.494 e. The van der Waals surface area contributed by atoms with Crippen molar-refractivity contribution in [1.29, 1.82) is 0 Å². The van der Waals surface area contributed by atoms with E-state index in [1.54, 1.807) is 24.3 Å². The monoisotopic (exact) mass is 564 g/mol. The Labute approximate surface area is 235 Å². The quantitative estimate of drug-likeness (QED) is 0.332. The van der Waals surface area contributed by atoms with Gasteiger partial charge in [-0.15, -0.1) is 0 Å². The van der Waals surface area contributed by atoms with Crippen LogP contribution in [-0.4, -0.2) is 71.9 Å². The summed E-state index contributed by atoms with van der Waals surface area (Å²) in [5.41, 5.74) is 8.90. The first-order chi connectivity index (χ1) is 19.6. The molecule has 0 aliphatic carbocycles. The van der Waals surface area contributed by atoms with E-state index in [0.717, 1.165) is 23.6 Å². The maximum atomic E-state index is 14.4. The molecule has 2 amide bonds. The van der Waals surface area contributed by atoms with Gasteiger partial charge < -0.3 is 20.4 Å². The molecule has 2 fully saturated rings. The summed E-state index contributed by atoms with van der Waals surface area (Å²) in [4.78, 5) is 33.0. The van der Waals surface area contributed by atoms with Crippen molar-refractivity contribution in [2.45, 2.75) is 37.6 Å². The van der Waals surface area contributed by atoms with Gasteiger partial charge in [-0.05, 0) is 60.4 Å². The average molecular weight is 565 g/mol. The molecule has 1 aromatic heterocycles. The zero-order chi connectivity index (χ0) is 28.9. The molecule has 2 aliphatic rings. The lowest BCUT2D eigenvalue weighted by Gasteiger charge is -2.41. The smallest absolute Gasteiger partial charge is 0.253 e. The molecule has 0 atom stereocenters. The molecule has 0 spiro atoms. The van der Waals surface area contributed by atoms with Crippen LogP contribution < -0.4 is 10.5 Å². The third kappa shape index (κ3) is 5.12. The number of benzene rings is 3. The highest BCUT2D eigenvalue weighted by Gasteiger charge is 2.37. The maximum absolute atomic E-state index is 14.4. The van der Waals surface area contributed by atoms with Gasteiger partial charge >= 0.3 is 0 Å². The Hall–Kier alpha value is -4.05. The van der Waals surface area contributed by atoms with Gasteiger partial charge in [-0.25, -0.2) is 13.2 Å². The maximum Gasteiger partial charge on any atom is 0.253 e. The molecule has 7 nitrogen and oxygen atoms in total. The van der Waals surface area contributed by atoms with Crippen LogP contribution in [0.5, 0.6) is 5.75 Å². The van der Waals surface area contributed by atoms with Crippen molar-refractivity contribution in [1.82, 2.24) is 14.8 Å². The minimum atomic E-state index is -2.57. The molecule has 0 bridgehead atoms. The fourth-order valence-electron chi connectivity index (χ4n) is 6.18. The highest BCUT2D eigenvalue weighted by molar-refractivity contribution is 6.17. The molecule has 0 radical (unpaired) electrons. The Kier molecular flexibility index (Phi) is 6.89. The second-order valence-electron chi connectivity index (χ2n) is 11.0. The van der Waals surface area contributed by atoms with Crippen molar-refractivity contribution >= 4 is 33.6 Å². The second kappa shape index (κ2) is 10.4. The number of nitrogens with two attached hydrogens (primary N) is 1. The van der Waals surface area contributed by atoms with Gasteiger partial charge in [-0.3, -0.25) is 14.5 Å². The van der Waals surface area contributed by atoms with Crippen LogP contribution in [0.4, 0.5) is 13.2 Å². The summed E-state index contributed by atoms with van der Waals surface area (Å²) in [6.45, 7) is 1.92. The van der Waals surface area contributed by atoms with Crippen LogP contribution in [0.3, 0.4) is 0 Å². The molecular weight excluding hydrogens is 533 g/mol. The van der Waals surface area contributed by atoms with Crippen molar-refractivity contribution in [3.8, 4) is 16.9 Å². The molecule has 10 heteroatoms. The number of nitrogens with one attached hydrogen (secondary N) is 1. The number of alkyl halides is 2. The van der Waals surface area contributed by atoms with Crippen molar-refractivity contribution in [3.63, 3.8) is 0 Å². The number of ether oxygens (including phenoxy) is 1.